The van der Waals surface area contributed by atoms with Gasteiger partial charge in [-0.2, -0.15) is 0 Å². The highest BCUT2D eigenvalue weighted by molar-refractivity contribution is 7.12. The molecule has 15 heavy (non-hydrogen) atoms. The summed E-state index contributed by atoms with van der Waals surface area (Å²) < 4.78 is 0. The van der Waals surface area contributed by atoms with Crippen molar-refractivity contribution in [2.75, 3.05) is 0 Å². The van der Waals surface area contributed by atoms with E-state index in [0.29, 0.717) is 12.0 Å². The third-order valence-corrected chi connectivity index (χ3v) is 4.08. The molecule has 0 aliphatic heterocycles. The SMILES string of the molecule is CC(NC(=O)c1cccs1)C1CCCC1. The predicted octanol–water partition coefficient (Wildman–Crippen LogP) is 3.06. The molecule has 82 valence electrons. The zero-order valence-electron chi connectivity index (χ0n) is 9.03. The molecule has 1 amide bonds. The van der Waals surface area contributed by atoms with Gasteiger partial charge in [0.2, 0.25) is 0 Å². The zero-order chi connectivity index (χ0) is 10.7. The van der Waals surface area contributed by atoms with Crippen LogP contribution in [0.5, 0.6) is 0 Å². The summed E-state index contributed by atoms with van der Waals surface area (Å²) in [4.78, 5) is 12.6. The average Bonchev–Trinajstić information content (AvgIpc) is 2.91. The molecule has 1 fully saturated rings. The van der Waals surface area contributed by atoms with Crippen molar-refractivity contribution >= 4 is 17.2 Å². The summed E-state index contributed by atoms with van der Waals surface area (Å²) >= 11 is 1.50. The highest BCUT2D eigenvalue weighted by Gasteiger charge is 2.23. The summed E-state index contributed by atoms with van der Waals surface area (Å²) in [7, 11) is 0. The van der Waals surface area contributed by atoms with E-state index in [1.165, 1.54) is 37.0 Å². The maximum Gasteiger partial charge on any atom is 0.261 e. The third-order valence-electron chi connectivity index (χ3n) is 3.21. The molecule has 0 aromatic carbocycles. The van der Waals surface area contributed by atoms with E-state index >= 15 is 0 Å². The number of amides is 1. The zero-order valence-corrected chi connectivity index (χ0v) is 9.85. The lowest BCUT2D eigenvalue weighted by Gasteiger charge is -2.19. The van der Waals surface area contributed by atoms with Gasteiger partial charge in [0.25, 0.3) is 5.91 Å². The van der Waals surface area contributed by atoms with Crippen molar-refractivity contribution < 1.29 is 4.79 Å². The Morgan fingerprint density at radius 2 is 2.27 bits per heavy atom. The van der Waals surface area contributed by atoms with Crippen LogP contribution in [-0.2, 0) is 0 Å². The molecule has 1 heterocycles. The van der Waals surface area contributed by atoms with Crippen molar-refractivity contribution in [1.29, 1.82) is 0 Å². The van der Waals surface area contributed by atoms with Crippen LogP contribution in [0.2, 0.25) is 0 Å². The Kier molecular flexibility index (Phi) is 3.41. The standard InChI is InChI=1S/C12H17NOS/c1-9(10-5-2-3-6-10)13-12(14)11-7-4-8-15-11/h4,7-10H,2-3,5-6H2,1H3,(H,13,14). The van der Waals surface area contributed by atoms with E-state index in [9.17, 15) is 4.79 Å². The second kappa shape index (κ2) is 4.79. The first-order chi connectivity index (χ1) is 7.27. The molecule has 1 aliphatic carbocycles. The van der Waals surface area contributed by atoms with Gasteiger partial charge in [0.05, 0.1) is 4.88 Å². The fourth-order valence-electron chi connectivity index (χ4n) is 2.26. The lowest BCUT2D eigenvalue weighted by atomic mass is 10.00. The van der Waals surface area contributed by atoms with Crippen LogP contribution >= 0.6 is 11.3 Å². The largest absolute Gasteiger partial charge is 0.349 e. The molecule has 1 unspecified atom stereocenters. The van der Waals surface area contributed by atoms with Crippen LogP contribution in [-0.4, -0.2) is 11.9 Å². The Hall–Kier alpha value is -0.830. The smallest absolute Gasteiger partial charge is 0.261 e. The van der Waals surface area contributed by atoms with E-state index in [2.05, 4.69) is 12.2 Å². The monoisotopic (exact) mass is 223 g/mol. The molecule has 1 saturated carbocycles. The van der Waals surface area contributed by atoms with E-state index in [0.717, 1.165) is 4.88 Å². The van der Waals surface area contributed by atoms with Crippen LogP contribution in [0.4, 0.5) is 0 Å². The Labute approximate surface area is 94.7 Å². The molecule has 1 aliphatic rings. The van der Waals surface area contributed by atoms with Gasteiger partial charge in [0.1, 0.15) is 0 Å². The first kappa shape index (κ1) is 10.7. The molecule has 3 heteroatoms. The van der Waals surface area contributed by atoms with Crippen LogP contribution in [0.25, 0.3) is 0 Å². The van der Waals surface area contributed by atoms with Gasteiger partial charge in [-0.25, -0.2) is 0 Å². The summed E-state index contributed by atoms with van der Waals surface area (Å²) in [5.41, 5.74) is 0. The minimum Gasteiger partial charge on any atom is -0.349 e. The first-order valence-corrected chi connectivity index (χ1v) is 6.49. The molecule has 0 spiro atoms. The minimum absolute atomic E-state index is 0.0874. The van der Waals surface area contributed by atoms with Crippen LogP contribution < -0.4 is 5.32 Å². The summed E-state index contributed by atoms with van der Waals surface area (Å²) in [6.07, 6.45) is 5.19. The molecule has 2 nitrogen and oxygen atoms in total. The van der Waals surface area contributed by atoms with Crippen LogP contribution in [0.1, 0.15) is 42.3 Å². The number of hydrogen-bond acceptors (Lipinski definition) is 2. The van der Waals surface area contributed by atoms with Crippen molar-refractivity contribution in [2.24, 2.45) is 5.92 Å². The second-order valence-corrected chi connectivity index (χ2v) is 5.23. The summed E-state index contributed by atoms with van der Waals surface area (Å²) in [5, 5.41) is 5.04. The summed E-state index contributed by atoms with van der Waals surface area (Å²) in [6, 6.07) is 4.11. The number of thiophene rings is 1. The number of carbonyl (C=O) groups excluding carboxylic acids is 1. The van der Waals surface area contributed by atoms with Gasteiger partial charge in [-0.3, -0.25) is 4.79 Å². The van der Waals surface area contributed by atoms with Gasteiger partial charge in [-0.15, -0.1) is 11.3 Å². The highest BCUT2D eigenvalue weighted by atomic mass is 32.1. The maximum atomic E-state index is 11.8. The van der Waals surface area contributed by atoms with E-state index in [4.69, 9.17) is 0 Å². The minimum atomic E-state index is 0.0874. The van der Waals surface area contributed by atoms with Crippen molar-refractivity contribution in [2.45, 2.75) is 38.6 Å². The predicted molar refractivity (Wildman–Crippen MR) is 63.2 cm³/mol. The topological polar surface area (TPSA) is 29.1 Å². The average molecular weight is 223 g/mol. The van der Waals surface area contributed by atoms with Crippen molar-refractivity contribution in [3.63, 3.8) is 0 Å². The summed E-state index contributed by atoms with van der Waals surface area (Å²) in [5.74, 6) is 0.776. The van der Waals surface area contributed by atoms with Crippen molar-refractivity contribution in [3.8, 4) is 0 Å². The van der Waals surface area contributed by atoms with Crippen LogP contribution in [0.3, 0.4) is 0 Å². The molecular weight excluding hydrogens is 206 g/mol. The van der Waals surface area contributed by atoms with Gasteiger partial charge in [-0.05, 0) is 37.1 Å². The van der Waals surface area contributed by atoms with Gasteiger partial charge < -0.3 is 5.32 Å². The van der Waals surface area contributed by atoms with Gasteiger partial charge in [-0.1, -0.05) is 18.9 Å². The number of nitrogens with one attached hydrogen (secondary N) is 1. The Morgan fingerprint density at radius 3 is 2.87 bits per heavy atom. The maximum absolute atomic E-state index is 11.8. The lowest BCUT2D eigenvalue weighted by molar-refractivity contribution is 0.0931. The fraction of sp³-hybridized carbons (Fsp3) is 0.583. The van der Waals surface area contributed by atoms with E-state index in [-0.39, 0.29) is 5.91 Å². The lowest BCUT2D eigenvalue weighted by Crippen LogP contribution is -2.36. The molecule has 0 radical (unpaired) electrons. The normalized spacial score (nSPS) is 19.0. The molecule has 0 saturated heterocycles. The fourth-order valence-corrected chi connectivity index (χ4v) is 2.89. The van der Waals surface area contributed by atoms with Crippen molar-refractivity contribution in [3.05, 3.63) is 22.4 Å². The van der Waals surface area contributed by atoms with Crippen LogP contribution in [0, 0.1) is 5.92 Å². The number of hydrogen-bond donors (Lipinski definition) is 1. The second-order valence-electron chi connectivity index (χ2n) is 4.28. The first-order valence-electron chi connectivity index (χ1n) is 5.62. The molecule has 2 rings (SSSR count). The summed E-state index contributed by atoms with van der Waals surface area (Å²) in [6.45, 7) is 2.13. The molecule has 1 aromatic heterocycles. The Morgan fingerprint density at radius 1 is 1.53 bits per heavy atom. The molecule has 1 N–H and O–H groups in total. The molecular formula is C12H17NOS. The quantitative estimate of drug-likeness (QED) is 0.838. The third kappa shape index (κ3) is 2.59. The van der Waals surface area contributed by atoms with Crippen LogP contribution in [0.15, 0.2) is 17.5 Å². The van der Waals surface area contributed by atoms with Gasteiger partial charge in [0, 0.05) is 6.04 Å². The van der Waals surface area contributed by atoms with Gasteiger partial charge in [0.15, 0.2) is 0 Å². The van der Waals surface area contributed by atoms with E-state index in [1.54, 1.807) is 0 Å². The van der Waals surface area contributed by atoms with Gasteiger partial charge >= 0.3 is 0 Å². The Balaban J connectivity index is 1.88. The number of carbonyl (C=O) groups is 1. The van der Waals surface area contributed by atoms with Crippen molar-refractivity contribution in [1.82, 2.24) is 5.32 Å². The molecule has 1 atom stereocenters. The highest BCUT2D eigenvalue weighted by Crippen LogP contribution is 2.27. The molecule has 0 bridgehead atoms. The van der Waals surface area contributed by atoms with E-state index < -0.39 is 0 Å². The van der Waals surface area contributed by atoms with E-state index in [1.807, 2.05) is 17.5 Å². The Bertz CT molecular complexity index is 314. The molecule has 1 aromatic rings. The number of rotatable bonds is 3.